The summed E-state index contributed by atoms with van der Waals surface area (Å²) in [6, 6.07) is 14.9. The first-order valence-corrected chi connectivity index (χ1v) is 13.3. The molecule has 0 bridgehead atoms. The number of amides is 3. The van der Waals surface area contributed by atoms with E-state index in [1.165, 1.54) is 4.90 Å². The van der Waals surface area contributed by atoms with Gasteiger partial charge in [-0.3, -0.25) is 14.4 Å². The van der Waals surface area contributed by atoms with E-state index in [1.54, 1.807) is 40.8 Å². The summed E-state index contributed by atoms with van der Waals surface area (Å²) in [6.45, 7) is 5.77. The van der Waals surface area contributed by atoms with Gasteiger partial charge in [0.15, 0.2) is 0 Å². The summed E-state index contributed by atoms with van der Waals surface area (Å²) >= 11 is 1.60. The maximum Gasteiger partial charge on any atom is 0.254 e. The van der Waals surface area contributed by atoms with E-state index < -0.39 is 6.10 Å². The number of benzene rings is 2. The van der Waals surface area contributed by atoms with E-state index in [1.807, 2.05) is 56.5 Å². The second-order valence-corrected chi connectivity index (χ2v) is 9.42. The third kappa shape index (κ3) is 7.24. The van der Waals surface area contributed by atoms with Gasteiger partial charge in [-0.1, -0.05) is 12.1 Å². The predicted octanol–water partition coefficient (Wildman–Crippen LogP) is 3.16. The van der Waals surface area contributed by atoms with Crippen LogP contribution in [0.3, 0.4) is 0 Å². The summed E-state index contributed by atoms with van der Waals surface area (Å²) in [6.07, 6.45) is 1.48. The number of nitrogens with zero attached hydrogens (tertiary/aromatic N) is 3. The van der Waals surface area contributed by atoms with Gasteiger partial charge in [-0.2, -0.15) is 0 Å². The largest absolute Gasteiger partial charge is 0.497 e. The van der Waals surface area contributed by atoms with Crippen molar-refractivity contribution in [1.29, 1.82) is 0 Å². The molecule has 1 atom stereocenters. The summed E-state index contributed by atoms with van der Waals surface area (Å²) < 4.78 is 11.2. The number of hydrogen-bond acceptors (Lipinski definition) is 6. The van der Waals surface area contributed by atoms with Crippen molar-refractivity contribution in [1.82, 2.24) is 14.7 Å². The minimum atomic E-state index is -0.497. The normalized spacial score (nSPS) is 16.0. The minimum Gasteiger partial charge on any atom is -0.497 e. The monoisotopic (exact) mass is 513 g/mol. The Morgan fingerprint density at radius 2 is 1.69 bits per heavy atom. The highest BCUT2D eigenvalue weighted by molar-refractivity contribution is 7.98. The Morgan fingerprint density at radius 1 is 1.03 bits per heavy atom. The second kappa shape index (κ2) is 13.3. The van der Waals surface area contributed by atoms with Gasteiger partial charge in [-0.05, 0) is 62.1 Å². The van der Waals surface area contributed by atoms with Crippen molar-refractivity contribution in [3.63, 3.8) is 0 Å². The van der Waals surface area contributed by atoms with Gasteiger partial charge in [0, 0.05) is 43.2 Å². The molecule has 0 aliphatic carbocycles. The van der Waals surface area contributed by atoms with Gasteiger partial charge in [-0.15, -0.1) is 11.8 Å². The second-order valence-electron chi connectivity index (χ2n) is 8.54. The van der Waals surface area contributed by atoms with Crippen molar-refractivity contribution in [2.45, 2.75) is 31.4 Å². The van der Waals surface area contributed by atoms with E-state index >= 15 is 0 Å². The molecule has 0 radical (unpaired) electrons. The molecule has 1 saturated heterocycles. The van der Waals surface area contributed by atoms with Crippen molar-refractivity contribution < 1.29 is 23.9 Å². The molecule has 2 aromatic carbocycles. The molecule has 0 saturated carbocycles. The summed E-state index contributed by atoms with van der Waals surface area (Å²) in [4.78, 5) is 45.1. The van der Waals surface area contributed by atoms with E-state index in [9.17, 15) is 14.4 Å². The molecule has 0 aromatic heterocycles. The first-order chi connectivity index (χ1) is 17.4. The van der Waals surface area contributed by atoms with Crippen LogP contribution in [0.25, 0.3) is 0 Å². The van der Waals surface area contributed by atoms with Crippen LogP contribution in [0.4, 0.5) is 0 Å². The van der Waals surface area contributed by atoms with Gasteiger partial charge in [-0.25, -0.2) is 0 Å². The molecule has 1 heterocycles. The van der Waals surface area contributed by atoms with Crippen molar-refractivity contribution in [2.75, 3.05) is 52.7 Å². The van der Waals surface area contributed by atoms with Gasteiger partial charge in [0.05, 0.1) is 13.2 Å². The summed E-state index contributed by atoms with van der Waals surface area (Å²) in [5, 5.41) is 0. The Balaban J connectivity index is 1.79. The molecule has 3 amide bonds. The molecular formula is C27H35N3O5S. The Morgan fingerprint density at radius 3 is 2.28 bits per heavy atom. The van der Waals surface area contributed by atoms with Crippen LogP contribution in [-0.2, 0) is 20.9 Å². The molecular weight excluding hydrogens is 478 g/mol. The van der Waals surface area contributed by atoms with E-state index in [0.717, 1.165) is 16.2 Å². The highest BCUT2D eigenvalue weighted by atomic mass is 32.2. The SMILES string of the molecule is CCN(CC)C(=O)CO[C@H]1CN(Cc2ccc(OC)cc2)C(=O)CN(C(=O)c2ccc(SC)cc2)C1. The summed E-state index contributed by atoms with van der Waals surface area (Å²) in [5.74, 6) is 0.233. The molecule has 8 nitrogen and oxygen atoms in total. The molecule has 9 heteroatoms. The van der Waals surface area contributed by atoms with E-state index in [4.69, 9.17) is 9.47 Å². The molecule has 1 aliphatic heterocycles. The fourth-order valence-corrected chi connectivity index (χ4v) is 4.52. The van der Waals surface area contributed by atoms with Gasteiger partial charge >= 0.3 is 0 Å². The molecule has 0 unspecified atom stereocenters. The number of ether oxygens (including phenoxy) is 2. The maximum absolute atomic E-state index is 13.3. The quantitative estimate of drug-likeness (QED) is 0.454. The molecule has 194 valence electrons. The predicted molar refractivity (Wildman–Crippen MR) is 140 cm³/mol. The number of carbonyl (C=O) groups excluding carboxylic acids is 3. The smallest absolute Gasteiger partial charge is 0.254 e. The maximum atomic E-state index is 13.3. The number of hydrogen-bond donors (Lipinski definition) is 0. The number of methoxy groups -OCH3 is 1. The Labute approximate surface area is 217 Å². The third-order valence-electron chi connectivity index (χ3n) is 6.24. The Hall–Kier alpha value is -3.04. The van der Waals surface area contributed by atoms with Crippen LogP contribution in [0.5, 0.6) is 5.75 Å². The van der Waals surface area contributed by atoms with Crippen LogP contribution in [0.2, 0.25) is 0 Å². The Bertz CT molecular complexity index is 1020. The van der Waals surface area contributed by atoms with E-state index in [2.05, 4.69) is 0 Å². The molecule has 36 heavy (non-hydrogen) atoms. The molecule has 3 rings (SSSR count). The highest BCUT2D eigenvalue weighted by Crippen LogP contribution is 2.19. The highest BCUT2D eigenvalue weighted by Gasteiger charge is 2.32. The lowest BCUT2D eigenvalue weighted by Crippen LogP contribution is -2.41. The molecule has 1 aliphatic rings. The van der Waals surface area contributed by atoms with Crippen LogP contribution in [0, 0.1) is 0 Å². The lowest BCUT2D eigenvalue weighted by atomic mass is 10.2. The first kappa shape index (κ1) is 27.5. The third-order valence-corrected chi connectivity index (χ3v) is 6.99. The van der Waals surface area contributed by atoms with Crippen molar-refractivity contribution in [2.24, 2.45) is 0 Å². The minimum absolute atomic E-state index is 0.0525. The van der Waals surface area contributed by atoms with Crippen LogP contribution in [0.15, 0.2) is 53.4 Å². The number of rotatable bonds is 10. The van der Waals surface area contributed by atoms with E-state index in [0.29, 0.717) is 25.2 Å². The van der Waals surface area contributed by atoms with Crippen LogP contribution in [-0.4, -0.2) is 91.2 Å². The number of thioether (sulfide) groups is 1. The number of likely N-dealkylation sites (N-methyl/N-ethyl adjacent to an activating group) is 1. The number of carbonyl (C=O) groups is 3. The lowest BCUT2D eigenvalue weighted by Gasteiger charge is -2.26. The van der Waals surface area contributed by atoms with Crippen molar-refractivity contribution >= 4 is 29.5 Å². The van der Waals surface area contributed by atoms with E-state index in [-0.39, 0.29) is 44.0 Å². The molecule has 2 aromatic rings. The standard InChI is InChI=1S/C27H35N3O5S/c1-5-28(6-2)26(32)19-35-23-16-29(15-20-7-11-22(34-3)12-8-20)25(31)18-30(17-23)27(33)21-9-13-24(36-4)14-10-21/h7-14,23H,5-6,15-19H2,1-4H3/t23-/m0/s1. The van der Waals surface area contributed by atoms with Crippen LogP contribution < -0.4 is 4.74 Å². The Kier molecular flexibility index (Phi) is 10.2. The first-order valence-electron chi connectivity index (χ1n) is 12.1. The molecule has 1 fully saturated rings. The fourth-order valence-electron chi connectivity index (χ4n) is 4.12. The summed E-state index contributed by atoms with van der Waals surface area (Å²) in [7, 11) is 1.61. The molecule has 0 spiro atoms. The average molecular weight is 514 g/mol. The zero-order valence-electron chi connectivity index (χ0n) is 21.4. The average Bonchev–Trinajstić information content (AvgIpc) is 3.06. The lowest BCUT2D eigenvalue weighted by molar-refractivity contribution is -0.138. The zero-order chi connectivity index (χ0) is 26.1. The zero-order valence-corrected chi connectivity index (χ0v) is 22.3. The van der Waals surface area contributed by atoms with Gasteiger partial charge < -0.3 is 24.2 Å². The van der Waals surface area contributed by atoms with Gasteiger partial charge in [0.2, 0.25) is 11.8 Å². The fraction of sp³-hybridized carbons (Fsp3) is 0.444. The molecule has 0 N–H and O–H groups in total. The van der Waals surface area contributed by atoms with Crippen molar-refractivity contribution in [3.8, 4) is 5.75 Å². The van der Waals surface area contributed by atoms with Crippen LogP contribution in [0.1, 0.15) is 29.8 Å². The topological polar surface area (TPSA) is 79.4 Å². The van der Waals surface area contributed by atoms with Crippen molar-refractivity contribution in [3.05, 3.63) is 59.7 Å². The van der Waals surface area contributed by atoms with Gasteiger partial charge in [0.1, 0.15) is 18.9 Å². The van der Waals surface area contributed by atoms with Crippen LogP contribution >= 0.6 is 11.8 Å². The summed E-state index contributed by atoms with van der Waals surface area (Å²) in [5.41, 5.74) is 1.46. The van der Waals surface area contributed by atoms with Gasteiger partial charge in [0.25, 0.3) is 5.91 Å².